The van der Waals surface area contributed by atoms with Crippen LogP contribution in [0.25, 0.3) is 0 Å². The monoisotopic (exact) mass is 772 g/mol. The van der Waals surface area contributed by atoms with Crippen LogP contribution in [0.4, 0.5) is 0 Å². The first kappa shape index (κ1) is 40.2. The van der Waals surface area contributed by atoms with E-state index >= 15 is 0 Å². The van der Waals surface area contributed by atoms with Gasteiger partial charge in [-0.1, -0.05) is 20.8 Å². The van der Waals surface area contributed by atoms with Crippen molar-refractivity contribution >= 4 is 0 Å². The van der Waals surface area contributed by atoms with Gasteiger partial charge >= 0.3 is 0 Å². The maximum atomic E-state index is 11.9. The largest absolute Gasteiger partial charge is 0.396 e. The highest BCUT2D eigenvalue weighted by Gasteiger charge is 2.70. The molecular formula is C39H64O15. The zero-order valence-corrected chi connectivity index (χ0v) is 31.7. The quantitative estimate of drug-likeness (QED) is 0.147. The predicted molar refractivity (Wildman–Crippen MR) is 186 cm³/mol. The van der Waals surface area contributed by atoms with E-state index in [2.05, 4.69) is 20.8 Å². The number of fused-ring (bicyclic) bond motifs is 7. The van der Waals surface area contributed by atoms with Crippen LogP contribution in [0, 0.1) is 52.3 Å². The molecule has 0 radical (unpaired) electrons. The molecule has 1 spiro atoms. The van der Waals surface area contributed by atoms with E-state index < -0.39 is 86.5 Å². The molecule has 4 saturated carbocycles. The van der Waals surface area contributed by atoms with E-state index in [1.807, 2.05) is 0 Å². The van der Waals surface area contributed by atoms with Crippen LogP contribution in [0.2, 0.25) is 0 Å². The third-order valence-corrected chi connectivity index (χ3v) is 16.3. The zero-order chi connectivity index (χ0) is 38.5. The highest BCUT2D eigenvalue weighted by molar-refractivity contribution is 5.16. The minimum Gasteiger partial charge on any atom is -0.396 e. The van der Waals surface area contributed by atoms with Crippen molar-refractivity contribution < 1.29 is 74.4 Å². The van der Waals surface area contributed by atoms with Crippen LogP contribution < -0.4 is 0 Å². The van der Waals surface area contributed by atoms with E-state index in [0.717, 1.165) is 44.9 Å². The van der Waals surface area contributed by atoms with E-state index in [-0.39, 0.29) is 47.4 Å². The molecule has 9 N–H and O–H groups in total. The molecule has 310 valence electrons. The summed E-state index contributed by atoms with van der Waals surface area (Å²) in [7, 11) is 0. The molecule has 4 aliphatic carbocycles. The van der Waals surface area contributed by atoms with Gasteiger partial charge in [-0.2, -0.15) is 0 Å². The zero-order valence-electron chi connectivity index (χ0n) is 31.7. The Morgan fingerprint density at radius 2 is 1.35 bits per heavy atom. The molecule has 0 unspecified atom stereocenters. The molecule has 0 aromatic rings. The van der Waals surface area contributed by atoms with Gasteiger partial charge in [0.1, 0.15) is 48.8 Å². The van der Waals surface area contributed by atoms with Crippen molar-refractivity contribution in [3.63, 3.8) is 0 Å². The van der Waals surface area contributed by atoms with Gasteiger partial charge in [0.25, 0.3) is 0 Å². The Kier molecular flexibility index (Phi) is 11.1. The average molecular weight is 773 g/mol. The Morgan fingerprint density at radius 1 is 0.667 bits per heavy atom. The first-order chi connectivity index (χ1) is 25.7. The van der Waals surface area contributed by atoms with Crippen LogP contribution in [-0.2, 0) is 28.4 Å². The van der Waals surface area contributed by atoms with Crippen LogP contribution in [0.5, 0.6) is 0 Å². The second-order valence-corrected chi connectivity index (χ2v) is 18.8. The minimum absolute atomic E-state index is 0.0297. The highest BCUT2D eigenvalue weighted by atomic mass is 16.7. The van der Waals surface area contributed by atoms with Crippen molar-refractivity contribution in [1.29, 1.82) is 0 Å². The van der Waals surface area contributed by atoms with Gasteiger partial charge < -0.3 is 74.4 Å². The number of rotatable bonds is 7. The van der Waals surface area contributed by atoms with Crippen LogP contribution in [0.15, 0.2) is 0 Å². The van der Waals surface area contributed by atoms with Crippen LogP contribution in [0.3, 0.4) is 0 Å². The molecule has 4 aliphatic heterocycles. The van der Waals surface area contributed by atoms with Gasteiger partial charge in [0.05, 0.1) is 38.1 Å². The molecule has 15 heteroatoms. The van der Waals surface area contributed by atoms with Gasteiger partial charge in [-0.3, -0.25) is 0 Å². The Hall–Kier alpha value is -0.600. The lowest BCUT2D eigenvalue weighted by molar-refractivity contribution is -0.338. The molecule has 0 aromatic carbocycles. The fraction of sp³-hybridized carbons (Fsp3) is 1.00. The maximum absolute atomic E-state index is 11.9. The van der Waals surface area contributed by atoms with Gasteiger partial charge in [0.15, 0.2) is 18.4 Å². The Labute approximate surface area is 316 Å². The van der Waals surface area contributed by atoms with E-state index in [4.69, 9.17) is 28.4 Å². The lowest BCUT2D eigenvalue weighted by Gasteiger charge is -2.62. The standard InChI is InChI=1S/C39H64O15/c1-17-28-25(54-39(17)9-4-18(13-40)15-50-39)12-22-20-11-24(42)23-10-19(5-7-37(23,2)21(20)6-8-38(22,28)3)51-36-34(48)32(46)30(44)27(53-36)16-49-35-33(47)31(45)29(43)26(14-41)52-35/h17-36,40-48H,4-16H2,1-3H3/t17-,18-,19-,20+,21-,22-,23+,24-,25-,26+,27+,28-,29+,30+,31-,32-,33+,34+,35+,36+,37+,38-,39+/m0/s1. The summed E-state index contributed by atoms with van der Waals surface area (Å²) in [5.41, 5.74) is -0.0116. The molecule has 0 aromatic heterocycles. The van der Waals surface area contributed by atoms with Gasteiger partial charge in [0.2, 0.25) is 0 Å². The second-order valence-electron chi connectivity index (χ2n) is 18.8. The topological polar surface area (TPSA) is 237 Å². The van der Waals surface area contributed by atoms with E-state index in [9.17, 15) is 46.0 Å². The molecule has 4 heterocycles. The summed E-state index contributed by atoms with van der Waals surface area (Å²) < 4.78 is 36.6. The molecule has 8 aliphatic rings. The van der Waals surface area contributed by atoms with Gasteiger partial charge in [-0.05, 0) is 91.8 Å². The van der Waals surface area contributed by atoms with Gasteiger partial charge in [0, 0.05) is 24.9 Å². The molecular weight excluding hydrogens is 708 g/mol. The van der Waals surface area contributed by atoms with E-state index in [1.54, 1.807) is 0 Å². The number of ether oxygens (including phenoxy) is 6. The van der Waals surface area contributed by atoms with Crippen molar-refractivity contribution in [1.82, 2.24) is 0 Å². The van der Waals surface area contributed by atoms with Gasteiger partial charge in [-0.15, -0.1) is 0 Å². The van der Waals surface area contributed by atoms with Crippen LogP contribution in [-0.4, -0.2) is 158 Å². The van der Waals surface area contributed by atoms with Crippen molar-refractivity contribution in [3.8, 4) is 0 Å². The summed E-state index contributed by atoms with van der Waals surface area (Å²) in [5.74, 6) is 1.51. The summed E-state index contributed by atoms with van der Waals surface area (Å²) in [6.45, 7) is 6.73. The summed E-state index contributed by atoms with van der Waals surface area (Å²) in [6.07, 6.45) is -7.90. The van der Waals surface area contributed by atoms with Crippen molar-refractivity contribution in [2.75, 3.05) is 26.4 Å². The Bertz CT molecular complexity index is 1310. The number of hydrogen-bond donors (Lipinski definition) is 9. The third kappa shape index (κ3) is 6.35. The maximum Gasteiger partial charge on any atom is 0.186 e. The number of aliphatic hydroxyl groups excluding tert-OH is 9. The highest BCUT2D eigenvalue weighted by Crippen LogP contribution is 2.71. The lowest BCUT2D eigenvalue weighted by Crippen LogP contribution is -2.62. The fourth-order valence-corrected chi connectivity index (χ4v) is 13.2. The Morgan fingerprint density at radius 3 is 2.04 bits per heavy atom. The van der Waals surface area contributed by atoms with Crippen molar-refractivity contribution in [2.45, 2.75) is 164 Å². The SMILES string of the molecule is C[C@H]1[C@H]2[C@H](C[C@H]3[C@@H]4C[C@H](O)[C@H]5C[C@@H](O[C@@H]6O[C@H](CO[C@@H]7O[C@H](CO)[C@@H](O)[C@H](O)[C@H]7O)[C@@H](O)[C@H](O)[C@H]6O)CC[C@]5(C)[C@H]4CC[C@]23C)O[C@]12CC[C@@H](CO)CO2. The Balaban J connectivity index is 0.901. The molecule has 54 heavy (non-hydrogen) atoms. The smallest absolute Gasteiger partial charge is 0.186 e. The normalized spacial score (nSPS) is 58.7. The number of aliphatic hydroxyl groups is 9. The molecule has 0 bridgehead atoms. The third-order valence-electron chi connectivity index (χ3n) is 16.3. The van der Waals surface area contributed by atoms with Gasteiger partial charge in [-0.25, -0.2) is 0 Å². The summed E-state index contributed by atoms with van der Waals surface area (Å²) in [4.78, 5) is 0. The fourth-order valence-electron chi connectivity index (χ4n) is 13.2. The summed E-state index contributed by atoms with van der Waals surface area (Å²) in [5, 5.41) is 94.0. The summed E-state index contributed by atoms with van der Waals surface area (Å²) in [6, 6.07) is 0. The van der Waals surface area contributed by atoms with E-state index in [0.29, 0.717) is 43.1 Å². The van der Waals surface area contributed by atoms with Crippen molar-refractivity contribution in [3.05, 3.63) is 0 Å². The van der Waals surface area contributed by atoms with Crippen molar-refractivity contribution in [2.24, 2.45) is 52.3 Å². The molecule has 23 atom stereocenters. The minimum atomic E-state index is -1.66. The van der Waals surface area contributed by atoms with E-state index in [1.165, 1.54) is 0 Å². The van der Waals surface area contributed by atoms with Crippen LogP contribution >= 0.6 is 0 Å². The molecule has 15 nitrogen and oxygen atoms in total. The molecule has 8 fully saturated rings. The summed E-state index contributed by atoms with van der Waals surface area (Å²) >= 11 is 0. The number of hydrogen-bond acceptors (Lipinski definition) is 15. The average Bonchev–Trinajstić information content (AvgIpc) is 3.60. The molecule has 4 saturated heterocycles. The predicted octanol–water partition coefficient (Wildman–Crippen LogP) is -0.615. The second kappa shape index (κ2) is 14.9. The first-order valence-corrected chi connectivity index (χ1v) is 20.5. The molecule has 8 rings (SSSR count). The molecule has 0 amide bonds. The van der Waals surface area contributed by atoms with Crippen LogP contribution in [0.1, 0.15) is 78.6 Å². The first-order valence-electron chi connectivity index (χ1n) is 20.5. The lowest BCUT2D eigenvalue weighted by atomic mass is 9.43.